The number of methoxy groups -OCH3 is 1. The molecule has 6 heteroatoms. The third kappa shape index (κ3) is 4.73. The van der Waals surface area contributed by atoms with Crippen molar-refractivity contribution in [2.24, 2.45) is 5.92 Å². The number of nitrogens with zero attached hydrogens (tertiary/aromatic N) is 1. The van der Waals surface area contributed by atoms with E-state index in [1.165, 1.54) is 26.6 Å². The Labute approximate surface area is 212 Å². The summed E-state index contributed by atoms with van der Waals surface area (Å²) in [5.41, 5.74) is 4.52. The van der Waals surface area contributed by atoms with Crippen molar-refractivity contribution in [1.29, 1.82) is 0 Å². The monoisotopic (exact) mass is 487 g/mol. The molecule has 2 N–H and O–H groups in total. The number of allylic oxidation sites excluding steroid dienone is 1. The van der Waals surface area contributed by atoms with Crippen molar-refractivity contribution in [3.63, 3.8) is 0 Å². The lowest BCUT2D eigenvalue weighted by molar-refractivity contribution is 0.0806. The summed E-state index contributed by atoms with van der Waals surface area (Å²) in [6, 6.07) is 18.5. The van der Waals surface area contributed by atoms with E-state index >= 15 is 0 Å². The highest BCUT2D eigenvalue weighted by Crippen LogP contribution is 2.48. The molecule has 1 atom stereocenters. The van der Waals surface area contributed by atoms with Gasteiger partial charge in [-0.15, -0.1) is 0 Å². The second kappa shape index (κ2) is 10.2. The minimum Gasteiger partial charge on any atom is -0.508 e. The fourth-order valence-electron chi connectivity index (χ4n) is 5.05. The van der Waals surface area contributed by atoms with E-state index in [1.807, 2.05) is 37.3 Å². The highest BCUT2D eigenvalue weighted by molar-refractivity contribution is 5.96. The molecule has 3 aromatic carbocycles. The Kier molecular flexibility index (Phi) is 6.79. The molecule has 6 nitrogen and oxygen atoms in total. The molecule has 0 aliphatic carbocycles. The molecule has 1 fully saturated rings. The Bertz CT molecular complexity index is 1260. The first kappa shape index (κ1) is 24.1. The first-order valence-corrected chi connectivity index (χ1v) is 12.5. The van der Waals surface area contributed by atoms with Gasteiger partial charge in [0.25, 0.3) is 0 Å². The molecular formula is C30H33NO5. The zero-order valence-corrected chi connectivity index (χ0v) is 21.0. The summed E-state index contributed by atoms with van der Waals surface area (Å²) in [6.07, 6.45) is 0.857. The Morgan fingerprint density at radius 1 is 1.00 bits per heavy atom. The number of aromatic hydroxyl groups is 2. The number of hydrogen-bond acceptors (Lipinski definition) is 6. The average Bonchev–Trinajstić information content (AvgIpc) is 2.86. The minimum absolute atomic E-state index is 0.0620. The summed E-state index contributed by atoms with van der Waals surface area (Å²) >= 11 is 0. The molecule has 0 unspecified atom stereocenters. The molecule has 2 aliphatic heterocycles. The normalized spacial score (nSPS) is 17.8. The summed E-state index contributed by atoms with van der Waals surface area (Å²) < 4.78 is 17.7. The number of rotatable bonds is 8. The minimum atomic E-state index is -0.393. The first-order chi connectivity index (χ1) is 17.5. The van der Waals surface area contributed by atoms with Crippen LogP contribution >= 0.6 is 0 Å². The number of fused-ring (bicyclic) bond motifs is 1. The van der Waals surface area contributed by atoms with Gasteiger partial charge in [-0.3, -0.25) is 4.90 Å². The molecule has 0 aromatic heterocycles. The van der Waals surface area contributed by atoms with Crippen molar-refractivity contribution in [1.82, 2.24) is 4.90 Å². The van der Waals surface area contributed by atoms with Gasteiger partial charge in [0.05, 0.1) is 7.11 Å². The van der Waals surface area contributed by atoms with Crippen LogP contribution < -0.4 is 14.2 Å². The van der Waals surface area contributed by atoms with Gasteiger partial charge in [-0.05, 0) is 72.0 Å². The maximum atomic E-state index is 10.5. The van der Waals surface area contributed by atoms with E-state index in [0.29, 0.717) is 18.1 Å². The lowest BCUT2D eigenvalue weighted by Crippen LogP contribution is -2.47. The van der Waals surface area contributed by atoms with Crippen LogP contribution in [0.25, 0.3) is 11.1 Å². The maximum absolute atomic E-state index is 10.5. The van der Waals surface area contributed by atoms with Crippen LogP contribution in [-0.2, 0) is 0 Å². The largest absolute Gasteiger partial charge is 0.508 e. The highest BCUT2D eigenvalue weighted by atomic mass is 16.5. The van der Waals surface area contributed by atoms with E-state index in [-0.39, 0.29) is 11.5 Å². The van der Waals surface area contributed by atoms with Crippen LogP contribution in [0.2, 0.25) is 0 Å². The molecule has 5 rings (SSSR count). The van der Waals surface area contributed by atoms with Gasteiger partial charge < -0.3 is 24.4 Å². The lowest BCUT2D eigenvalue weighted by atomic mass is 9.86. The van der Waals surface area contributed by atoms with E-state index in [4.69, 9.17) is 14.2 Å². The van der Waals surface area contributed by atoms with Gasteiger partial charge >= 0.3 is 0 Å². The number of phenolic OH excluding ortho intramolecular Hbond substituents is 2. The van der Waals surface area contributed by atoms with Crippen LogP contribution in [0, 0.1) is 5.92 Å². The van der Waals surface area contributed by atoms with Crippen molar-refractivity contribution in [2.45, 2.75) is 26.4 Å². The fraction of sp³-hybridized carbons (Fsp3) is 0.333. The average molecular weight is 488 g/mol. The molecule has 0 bridgehead atoms. The molecule has 188 valence electrons. The molecular weight excluding hydrogens is 454 g/mol. The van der Waals surface area contributed by atoms with E-state index in [0.717, 1.165) is 46.0 Å². The van der Waals surface area contributed by atoms with Crippen LogP contribution in [0.3, 0.4) is 0 Å². The Morgan fingerprint density at radius 2 is 1.78 bits per heavy atom. The first-order valence-electron chi connectivity index (χ1n) is 12.5. The van der Waals surface area contributed by atoms with Crippen molar-refractivity contribution in [2.75, 3.05) is 33.4 Å². The summed E-state index contributed by atoms with van der Waals surface area (Å²) in [4.78, 5) is 2.43. The van der Waals surface area contributed by atoms with Crippen molar-refractivity contribution in [3.8, 4) is 28.7 Å². The van der Waals surface area contributed by atoms with Crippen LogP contribution in [0.15, 0.2) is 60.7 Å². The van der Waals surface area contributed by atoms with Gasteiger partial charge in [0.1, 0.15) is 30.0 Å². The summed E-state index contributed by atoms with van der Waals surface area (Å²) in [5, 5.41) is 20.6. The molecule has 0 radical (unpaired) electrons. The standard InChI is InChI=1S/C30H33NO5/c1-4-20-17-31(18-20)13-14-35-24-9-5-21(6-10-24)30-29(22-7-11-28(34-3)26(33)15-22)19(2)25-16-23(32)8-12-27(25)36-30/h5-12,15-16,20,30,32-33H,4,13-14,17-18H2,1-3H3/t30-/m0/s1. The van der Waals surface area contributed by atoms with E-state index in [2.05, 4.69) is 11.8 Å². The third-order valence-corrected chi connectivity index (χ3v) is 7.24. The molecule has 0 saturated carbocycles. The second-order valence-electron chi connectivity index (χ2n) is 9.56. The molecule has 3 aromatic rings. The van der Waals surface area contributed by atoms with Crippen molar-refractivity contribution >= 4 is 11.1 Å². The molecule has 0 amide bonds. The number of ether oxygens (including phenoxy) is 3. The maximum Gasteiger partial charge on any atom is 0.160 e. The zero-order valence-electron chi connectivity index (χ0n) is 21.0. The van der Waals surface area contributed by atoms with Gasteiger partial charge in [0.15, 0.2) is 11.5 Å². The van der Waals surface area contributed by atoms with Crippen molar-refractivity contribution < 1.29 is 24.4 Å². The van der Waals surface area contributed by atoms with E-state index in [1.54, 1.807) is 30.3 Å². The summed E-state index contributed by atoms with van der Waals surface area (Å²) in [7, 11) is 1.53. The van der Waals surface area contributed by atoms with E-state index in [9.17, 15) is 10.2 Å². The smallest absolute Gasteiger partial charge is 0.160 e. The Balaban J connectivity index is 1.40. The van der Waals surface area contributed by atoms with Gasteiger partial charge in [0, 0.05) is 30.8 Å². The molecule has 1 saturated heterocycles. The fourth-order valence-corrected chi connectivity index (χ4v) is 5.05. The van der Waals surface area contributed by atoms with E-state index < -0.39 is 6.10 Å². The van der Waals surface area contributed by atoms with Gasteiger partial charge in [-0.2, -0.15) is 0 Å². The van der Waals surface area contributed by atoms with Crippen molar-refractivity contribution in [3.05, 3.63) is 77.4 Å². The molecule has 2 heterocycles. The van der Waals surface area contributed by atoms with Crippen LogP contribution in [-0.4, -0.2) is 48.5 Å². The molecule has 0 spiro atoms. The quantitative estimate of drug-likeness (QED) is 0.413. The molecule has 36 heavy (non-hydrogen) atoms. The highest BCUT2D eigenvalue weighted by Gasteiger charge is 2.30. The number of likely N-dealkylation sites (tertiary alicyclic amines) is 1. The number of hydrogen-bond donors (Lipinski definition) is 2. The topological polar surface area (TPSA) is 71.4 Å². The van der Waals surface area contributed by atoms with Crippen LogP contribution in [0.4, 0.5) is 0 Å². The Morgan fingerprint density at radius 3 is 2.47 bits per heavy atom. The molecule has 2 aliphatic rings. The Hall–Kier alpha value is -3.64. The van der Waals surface area contributed by atoms with Gasteiger partial charge in [-0.25, -0.2) is 0 Å². The second-order valence-corrected chi connectivity index (χ2v) is 9.56. The lowest BCUT2D eigenvalue weighted by Gasteiger charge is -2.38. The van der Waals surface area contributed by atoms with Crippen LogP contribution in [0.1, 0.15) is 43.1 Å². The summed E-state index contributed by atoms with van der Waals surface area (Å²) in [6.45, 7) is 8.22. The number of phenols is 2. The predicted octanol–water partition coefficient (Wildman–Crippen LogP) is 5.89. The van der Waals surface area contributed by atoms with Crippen LogP contribution in [0.5, 0.6) is 28.7 Å². The SMILES string of the molecule is CCC1CN(CCOc2ccc([C@@H]3Oc4ccc(O)cc4C(C)=C3c3ccc(OC)c(O)c3)cc2)C1. The summed E-state index contributed by atoms with van der Waals surface area (Å²) in [5.74, 6) is 3.03. The van der Waals surface area contributed by atoms with Gasteiger partial charge in [0.2, 0.25) is 0 Å². The number of benzene rings is 3. The third-order valence-electron chi connectivity index (χ3n) is 7.24. The predicted molar refractivity (Wildman–Crippen MR) is 141 cm³/mol. The zero-order chi connectivity index (χ0) is 25.2. The van der Waals surface area contributed by atoms with Gasteiger partial charge in [-0.1, -0.05) is 31.5 Å².